The molecule has 0 radical (unpaired) electrons. The first-order chi connectivity index (χ1) is 19.3. The molecule has 4 aromatic rings. The van der Waals surface area contributed by atoms with Crippen LogP contribution in [0.5, 0.6) is 5.75 Å². The number of likely N-dealkylation sites (tertiary alicyclic amines) is 1. The number of fused-ring (bicyclic) bond motifs is 1. The minimum Gasteiger partial charge on any atom is -0.496 e. The second kappa shape index (κ2) is 11.7. The maximum Gasteiger partial charge on any atom is 0.332 e. The summed E-state index contributed by atoms with van der Waals surface area (Å²) in [6.07, 6.45) is 3.91. The fraction of sp³-hybridized carbons (Fsp3) is 0.444. The van der Waals surface area contributed by atoms with Gasteiger partial charge in [-0.25, -0.2) is 9.18 Å². The highest BCUT2D eigenvalue weighted by molar-refractivity contribution is 7.21. The van der Waals surface area contributed by atoms with E-state index in [2.05, 4.69) is 15.1 Å². The summed E-state index contributed by atoms with van der Waals surface area (Å²) in [5.74, 6) is -0.102. The summed E-state index contributed by atoms with van der Waals surface area (Å²) in [7, 11) is 3.44. The van der Waals surface area contributed by atoms with Gasteiger partial charge in [0.2, 0.25) is 0 Å². The van der Waals surface area contributed by atoms with Gasteiger partial charge in [-0.15, -0.1) is 4.80 Å². The standard InChI is InChI=1S/C27H30FN7O4S/c1-17-23-24(36)34(19-6-4-12-32(2)15-19)27(37)33(26(23)40-25(17)35-30-10-11-31-35)16-22(39-13-5-9-29)20-14-18(28)7-8-21(20)38-3/h7-8,10-11,14,19,22H,4-6,12-13,15-16H2,1-3H3/t19-,22+/m1/s1. The molecular formula is C27H30FN7O4S. The Labute approximate surface area is 233 Å². The van der Waals surface area contributed by atoms with Crippen LogP contribution in [0.4, 0.5) is 4.39 Å². The van der Waals surface area contributed by atoms with Crippen LogP contribution in [0.1, 0.15) is 42.5 Å². The van der Waals surface area contributed by atoms with Crippen molar-refractivity contribution in [2.24, 2.45) is 0 Å². The Bertz CT molecular complexity index is 1670. The minimum absolute atomic E-state index is 0.0324. The molecule has 1 aliphatic heterocycles. The Kier molecular flexibility index (Phi) is 8.11. The molecule has 5 rings (SSSR count). The molecule has 0 aliphatic carbocycles. The highest BCUT2D eigenvalue weighted by atomic mass is 32.1. The molecule has 1 aliphatic rings. The van der Waals surface area contributed by atoms with Crippen LogP contribution in [0.25, 0.3) is 15.2 Å². The van der Waals surface area contributed by atoms with Gasteiger partial charge in [-0.2, -0.15) is 15.5 Å². The van der Waals surface area contributed by atoms with E-state index in [0.717, 1.165) is 13.0 Å². The molecule has 0 bridgehead atoms. The van der Waals surface area contributed by atoms with E-state index in [1.165, 1.54) is 50.6 Å². The molecule has 13 heteroatoms. The summed E-state index contributed by atoms with van der Waals surface area (Å²) in [4.78, 5) is 32.2. The van der Waals surface area contributed by atoms with E-state index in [1.807, 2.05) is 20.0 Å². The number of likely N-dealkylation sites (N-methyl/N-ethyl adjacent to an activating group) is 1. The molecule has 1 aromatic carbocycles. The fourth-order valence-electron chi connectivity index (χ4n) is 5.31. The maximum atomic E-state index is 14.4. The van der Waals surface area contributed by atoms with Crippen molar-refractivity contribution in [2.75, 3.05) is 33.9 Å². The first-order valence-electron chi connectivity index (χ1n) is 13.0. The number of aryl methyl sites for hydroxylation is 1. The van der Waals surface area contributed by atoms with Gasteiger partial charge in [-0.3, -0.25) is 13.9 Å². The molecule has 0 spiro atoms. The van der Waals surface area contributed by atoms with Crippen LogP contribution in [0, 0.1) is 24.1 Å². The van der Waals surface area contributed by atoms with Crippen LogP contribution in [-0.4, -0.2) is 62.9 Å². The molecule has 0 saturated carbocycles. The van der Waals surface area contributed by atoms with Gasteiger partial charge in [0.25, 0.3) is 5.56 Å². The van der Waals surface area contributed by atoms with E-state index in [9.17, 15) is 14.0 Å². The van der Waals surface area contributed by atoms with E-state index in [4.69, 9.17) is 14.7 Å². The van der Waals surface area contributed by atoms with Gasteiger partial charge >= 0.3 is 5.69 Å². The molecule has 0 unspecified atom stereocenters. The van der Waals surface area contributed by atoms with Gasteiger partial charge in [0.1, 0.15) is 27.5 Å². The number of piperidine rings is 1. The smallest absolute Gasteiger partial charge is 0.332 e. The van der Waals surface area contributed by atoms with E-state index >= 15 is 0 Å². The molecule has 2 atom stereocenters. The van der Waals surface area contributed by atoms with Gasteiger partial charge in [0, 0.05) is 17.7 Å². The lowest BCUT2D eigenvalue weighted by atomic mass is 10.1. The van der Waals surface area contributed by atoms with Gasteiger partial charge in [-0.1, -0.05) is 11.3 Å². The lowest BCUT2D eigenvalue weighted by Crippen LogP contribution is -2.47. The van der Waals surface area contributed by atoms with Crippen LogP contribution in [-0.2, 0) is 11.3 Å². The summed E-state index contributed by atoms with van der Waals surface area (Å²) in [5, 5.41) is 18.6. The zero-order chi connectivity index (χ0) is 28.4. The molecule has 0 amide bonds. The zero-order valence-corrected chi connectivity index (χ0v) is 23.4. The van der Waals surface area contributed by atoms with Crippen LogP contribution in [0.15, 0.2) is 40.2 Å². The van der Waals surface area contributed by atoms with Crippen molar-refractivity contribution in [3.05, 3.63) is 68.4 Å². The lowest BCUT2D eigenvalue weighted by Gasteiger charge is -2.31. The first kappa shape index (κ1) is 27.7. The second-order valence-corrected chi connectivity index (χ2v) is 10.8. The van der Waals surface area contributed by atoms with Crippen molar-refractivity contribution in [3.8, 4) is 16.8 Å². The molecule has 0 N–H and O–H groups in total. The van der Waals surface area contributed by atoms with Gasteiger partial charge in [0.05, 0.1) is 56.6 Å². The fourth-order valence-corrected chi connectivity index (χ4v) is 6.53. The monoisotopic (exact) mass is 567 g/mol. The summed E-state index contributed by atoms with van der Waals surface area (Å²) in [6.45, 7) is 3.31. The normalized spacial score (nSPS) is 16.7. The van der Waals surface area contributed by atoms with Crippen molar-refractivity contribution >= 4 is 21.6 Å². The molecule has 40 heavy (non-hydrogen) atoms. The number of benzene rings is 1. The number of hydrogen-bond donors (Lipinski definition) is 0. The molecule has 1 saturated heterocycles. The van der Waals surface area contributed by atoms with Crippen molar-refractivity contribution in [2.45, 2.75) is 44.9 Å². The van der Waals surface area contributed by atoms with E-state index < -0.39 is 17.6 Å². The van der Waals surface area contributed by atoms with E-state index in [1.54, 1.807) is 12.4 Å². The number of methoxy groups -OCH3 is 1. The maximum absolute atomic E-state index is 14.4. The zero-order valence-electron chi connectivity index (χ0n) is 22.5. The van der Waals surface area contributed by atoms with Crippen molar-refractivity contribution < 1.29 is 13.9 Å². The third-order valence-corrected chi connectivity index (χ3v) is 8.48. The largest absolute Gasteiger partial charge is 0.496 e. The molecule has 210 valence electrons. The summed E-state index contributed by atoms with van der Waals surface area (Å²) in [5.41, 5.74) is 0.244. The highest BCUT2D eigenvalue weighted by Crippen LogP contribution is 2.34. The van der Waals surface area contributed by atoms with Crippen molar-refractivity contribution in [3.63, 3.8) is 0 Å². The lowest BCUT2D eigenvalue weighted by molar-refractivity contribution is 0.0418. The Morgan fingerprint density at radius 3 is 2.75 bits per heavy atom. The number of rotatable bonds is 9. The summed E-state index contributed by atoms with van der Waals surface area (Å²) < 4.78 is 28.9. The Hall–Kier alpha value is -3.86. The summed E-state index contributed by atoms with van der Waals surface area (Å²) in [6, 6.07) is 5.83. The number of hydrogen-bond acceptors (Lipinski definition) is 9. The Morgan fingerprint density at radius 1 is 1.27 bits per heavy atom. The number of ether oxygens (including phenoxy) is 2. The van der Waals surface area contributed by atoms with Crippen molar-refractivity contribution in [1.29, 1.82) is 5.26 Å². The highest BCUT2D eigenvalue weighted by Gasteiger charge is 2.29. The number of aromatic nitrogens is 5. The third-order valence-electron chi connectivity index (χ3n) is 7.20. The van der Waals surface area contributed by atoms with E-state index in [0.29, 0.717) is 45.1 Å². The average Bonchev–Trinajstić information content (AvgIpc) is 3.58. The molecule has 11 nitrogen and oxygen atoms in total. The van der Waals surface area contributed by atoms with Crippen LogP contribution in [0.2, 0.25) is 0 Å². The van der Waals surface area contributed by atoms with Gasteiger partial charge < -0.3 is 14.4 Å². The topological polar surface area (TPSA) is 120 Å². The number of thiophene rings is 1. The number of nitriles is 1. The minimum atomic E-state index is -0.839. The second-order valence-electron chi connectivity index (χ2n) is 9.81. The predicted octanol–water partition coefficient (Wildman–Crippen LogP) is 3.20. The van der Waals surface area contributed by atoms with Crippen molar-refractivity contribution in [1.82, 2.24) is 29.0 Å². The first-order valence-corrected chi connectivity index (χ1v) is 13.8. The average molecular weight is 568 g/mol. The predicted molar refractivity (Wildman–Crippen MR) is 148 cm³/mol. The van der Waals surface area contributed by atoms with Crippen LogP contribution < -0.4 is 16.0 Å². The molecular weight excluding hydrogens is 537 g/mol. The Morgan fingerprint density at radius 2 is 2.05 bits per heavy atom. The number of nitrogens with zero attached hydrogens (tertiary/aromatic N) is 7. The van der Waals surface area contributed by atoms with Crippen LogP contribution in [0.3, 0.4) is 0 Å². The summed E-state index contributed by atoms with van der Waals surface area (Å²) >= 11 is 1.24. The molecule has 4 heterocycles. The molecule has 3 aromatic heterocycles. The number of halogens is 1. The van der Waals surface area contributed by atoms with Gasteiger partial charge in [0.15, 0.2) is 0 Å². The third kappa shape index (κ3) is 5.17. The molecule has 1 fully saturated rings. The quantitative estimate of drug-likeness (QED) is 0.283. The van der Waals surface area contributed by atoms with E-state index in [-0.39, 0.29) is 31.2 Å². The Balaban J connectivity index is 1.73. The SMILES string of the molecule is COc1ccc(F)cc1[C@H](Cn1c(=O)n([C@@H]2CCCN(C)C2)c(=O)c2c(C)c(-n3nccn3)sc21)OCCC#N. The van der Waals surface area contributed by atoms with Crippen LogP contribution >= 0.6 is 11.3 Å². The van der Waals surface area contributed by atoms with Gasteiger partial charge in [-0.05, 0) is 51.6 Å².